The van der Waals surface area contributed by atoms with Gasteiger partial charge in [-0.3, -0.25) is 0 Å². The van der Waals surface area contributed by atoms with Gasteiger partial charge in [-0.25, -0.2) is 0 Å². The third kappa shape index (κ3) is 5.64. The lowest BCUT2D eigenvalue weighted by atomic mass is 10.1. The van der Waals surface area contributed by atoms with Gasteiger partial charge in [0.05, 0.1) is 5.02 Å². The molecule has 0 saturated carbocycles. The highest BCUT2D eigenvalue weighted by Crippen LogP contribution is 2.30. The van der Waals surface area contributed by atoms with E-state index in [1.54, 1.807) is 12.1 Å². The number of benzene rings is 3. The maximum absolute atomic E-state index is 6.69. The molecule has 0 aliphatic carbocycles. The second kappa shape index (κ2) is 10.3. The van der Waals surface area contributed by atoms with E-state index in [1.165, 1.54) is 0 Å². The Balaban J connectivity index is 2.06. The van der Waals surface area contributed by atoms with Crippen molar-refractivity contribution in [2.24, 2.45) is 5.92 Å². The van der Waals surface area contributed by atoms with E-state index in [0.717, 1.165) is 23.2 Å². The van der Waals surface area contributed by atoms with E-state index in [4.69, 9.17) is 32.1 Å². The Bertz CT molecular complexity index is 862. The first-order valence-corrected chi connectivity index (χ1v) is 12.5. The minimum atomic E-state index is -3.04. The van der Waals surface area contributed by atoms with Gasteiger partial charge in [-0.2, -0.15) is 0 Å². The van der Waals surface area contributed by atoms with E-state index in [9.17, 15) is 0 Å². The Morgan fingerprint density at radius 1 is 0.828 bits per heavy atom. The molecule has 0 atom stereocenters. The molecule has 3 aromatic rings. The fourth-order valence-corrected chi connectivity index (χ4v) is 6.87. The van der Waals surface area contributed by atoms with Crippen molar-refractivity contribution in [3.05, 3.63) is 88.9 Å². The predicted octanol–water partition coefficient (Wildman–Crippen LogP) is 6.08. The minimum Gasteiger partial charge on any atom is -0.513 e. The van der Waals surface area contributed by atoms with Crippen LogP contribution in [0.4, 0.5) is 0 Å². The van der Waals surface area contributed by atoms with E-state index >= 15 is 0 Å². The summed E-state index contributed by atoms with van der Waals surface area (Å²) in [7, 11) is -3.04. The average Bonchev–Trinajstić information content (AvgIpc) is 2.73. The van der Waals surface area contributed by atoms with E-state index in [1.807, 2.05) is 42.5 Å². The van der Waals surface area contributed by atoms with Gasteiger partial charge in [-0.05, 0) is 37.0 Å². The van der Waals surface area contributed by atoms with E-state index in [0.29, 0.717) is 28.3 Å². The maximum Gasteiger partial charge on any atom is 0.468 e. The normalized spacial score (nSPS) is 11.6. The van der Waals surface area contributed by atoms with Crippen LogP contribution in [0.15, 0.2) is 78.9 Å². The van der Waals surface area contributed by atoms with Gasteiger partial charge in [0.15, 0.2) is 0 Å². The Morgan fingerprint density at radius 2 is 1.41 bits per heavy atom. The smallest absolute Gasteiger partial charge is 0.468 e. The molecule has 0 aromatic heterocycles. The largest absolute Gasteiger partial charge is 0.513 e. The quantitative estimate of drug-likeness (QED) is 0.294. The van der Waals surface area contributed by atoms with Crippen LogP contribution in [0, 0.1) is 5.92 Å². The Labute approximate surface area is 184 Å². The molecule has 3 aromatic carbocycles. The molecule has 2 nitrogen and oxygen atoms in total. The molecule has 0 amide bonds. The van der Waals surface area contributed by atoms with Crippen molar-refractivity contribution in [3.8, 4) is 5.75 Å². The van der Waals surface area contributed by atoms with Crippen molar-refractivity contribution >= 4 is 42.1 Å². The molecule has 0 fully saturated rings. The molecule has 0 N–H and O–H groups in total. The topological polar surface area (TPSA) is 18.5 Å². The first-order valence-electron chi connectivity index (χ1n) is 9.90. The molecule has 152 valence electrons. The van der Waals surface area contributed by atoms with Gasteiger partial charge >= 0.3 is 8.56 Å². The summed E-state index contributed by atoms with van der Waals surface area (Å²) in [6.45, 7) is 5.07. The summed E-state index contributed by atoms with van der Waals surface area (Å²) >= 11 is 12.6. The van der Waals surface area contributed by atoms with Gasteiger partial charge in [0.1, 0.15) is 5.75 Å². The third-order valence-electron chi connectivity index (χ3n) is 4.69. The van der Waals surface area contributed by atoms with E-state index in [-0.39, 0.29) is 0 Å². The second-order valence-corrected chi connectivity index (χ2v) is 11.1. The van der Waals surface area contributed by atoms with Crippen molar-refractivity contribution in [3.63, 3.8) is 0 Å². The first-order chi connectivity index (χ1) is 14.0. The van der Waals surface area contributed by atoms with Crippen LogP contribution in [0.5, 0.6) is 5.75 Å². The van der Waals surface area contributed by atoms with Crippen LogP contribution in [0.25, 0.3) is 0 Å². The summed E-state index contributed by atoms with van der Waals surface area (Å²) in [5, 5.41) is 3.14. The Hall–Kier alpha value is -1.78. The van der Waals surface area contributed by atoms with Crippen molar-refractivity contribution in [2.75, 3.05) is 6.61 Å². The molecule has 0 spiro atoms. The zero-order valence-electron chi connectivity index (χ0n) is 16.8. The second-order valence-electron chi connectivity index (χ2n) is 7.41. The monoisotopic (exact) mass is 444 g/mol. The van der Waals surface area contributed by atoms with Crippen LogP contribution in [0.3, 0.4) is 0 Å². The van der Waals surface area contributed by atoms with E-state index < -0.39 is 8.56 Å². The van der Waals surface area contributed by atoms with Gasteiger partial charge in [-0.15, -0.1) is 0 Å². The van der Waals surface area contributed by atoms with Gasteiger partial charge in [0.25, 0.3) is 0 Å². The van der Waals surface area contributed by atoms with Crippen LogP contribution in [0.2, 0.25) is 10.0 Å². The van der Waals surface area contributed by atoms with Crippen LogP contribution in [-0.2, 0) is 4.43 Å². The molecule has 0 unspecified atom stereocenters. The lowest BCUT2D eigenvalue weighted by molar-refractivity contribution is 0.248. The average molecular weight is 445 g/mol. The number of rotatable bonds is 9. The summed E-state index contributed by atoms with van der Waals surface area (Å²) in [6, 6.07) is 25.7. The van der Waals surface area contributed by atoms with Gasteiger partial charge in [-0.1, -0.05) is 97.7 Å². The zero-order chi connectivity index (χ0) is 20.7. The molecule has 0 aliphatic heterocycles. The van der Waals surface area contributed by atoms with Gasteiger partial charge in [0.2, 0.25) is 0 Å². The Kier molecular flexibility index (Phi) is 7.79. The summed E-state index contributed by atoms with van der Waals surface area (Å²) in [6.07, 6.45) is 2.08. The summed E-state index contributed by atoms with van der Waals surface area (Å²) < 4.78 is 13.4. The third-order valence-corrected chi connectivity index (χ3v) is 8.52. The van der Waals surface area contributed by atoms with Gasteiger partial charge in [0, 0.05) is 22.0 Å². The van der Waals surface area contributed by atoms with Crippen LogP contribution < -0.4 is 14.8 Å². The first kappa shape index (κ1) is 21.9. The molecule has 0 bridgehead atoms. The molecule has 5 heteroatoms. The van der Waals surface area contributed by atoms with Crippen LogP contribution in [-0.4, -0.2) is 15.2 Å². The lowest BCUT2D eigenvalue weighted by Crippen LogP contribution is -2.66. The van der Waals surface area contributed by atoms with Crippen molar-refractivity contribution < 1.29 is 8.85 Å². The number of hydrogen-bond donors (Lipinski definition) is 0. The number of halogens is 2. The maximum atomic E-state index is 6.69. The van der Waals surface area contributed by atoms with Crippen molar-refractivity contribution in [1.82, 2.24) is 0 Å². The van der Waals surface area contributed by atoms with Crippen LogP contribution >= 0.6 is 23.2 Å². The molecule has 0 heterocycles. The predicted molar refractivity (Wildman–Crippen MR) is 125 cm³/mol. The molecule has 3 rings (SSSR count). The summed E-state index contributed by atoms with van der Waals surface area (Å²) in [5.41, 5.74) is 0. The Morgan fingerprint density at radius 3 is 1.93 bits per heavy atom. The van der Waals surface area contributed by atoms with Crippen molar-refractivity contribution in [1.29, 1.82) is 0 Å². The van der Waals surface area contributed by atoms with Crippen LogP contribution in [0.1, 0.15) is 26.7 Å². The van der Waals surface area contributed by atoms with Gasteiger partial charge < -0.3 is 8.85 Å². The molecule has 0 saturated heterocycles. The standard InChI is InChI=1S/C24H26Cl2O2Si/c1-19(2)10-9-17-27-29(21-11-5-3-6-12-21,22-13-7-4-8-14-22)28-24-16-15-20(25)18-23(24)26/h3-8,11-16,18-19H,9-10,17H2,1-2H3. The van der Waals surface area contributed by atoms with E-state index in [2.05, 4.69) is 38.1 Å². The van der Waals surface area contributed by atoms with Crippen molar-refractivity contribution in [2.45, 2.75) is 26.7 Å². The summed E-state index contributed by atoms with van der Waals surface area (Å²) in [5.74, 6) is 1.22. The molecule has 0 radical (unpaired) electrons. The molecular formula is C24H26Cl2O2Si. The molecular weight excluding hydrogens is 419 g/mol. The highest BCUT2D eigenvalue weighted by Gasteiger charge is 2.45. The SMILES string of the molecule is CC(C)CCCO[Si](Oc1ccc(Cl)cc1Cl)(c1ccccc1)c1ccccc1. The zero-order valence-corrected chi connectivity index (χ0v) is 19.3. The number of hydrogen-bond acceptors (Lipinski definition) is 2. The highest BCUT2D eigenvalue weighted by molar-refractivity contribution is 6.93. The fraction of sp³-hybridized carbons (Fsp3) is 0.250. The molecule has 29 heavy (non-hydrogen) atoms. The fourth-order valence-electron chi connectivity index (χ4n) is 3.22. The lowest BCUT2D eigenvalue weighted by Gasteiger charge is -2.32. The summed E-state index contributed by atoms with van der Waals surface area (Å²) in [4.78, 5) is 0. The highest BCUT2D eigenvalue weighted by atomic mass is 35.5. The molecule has 0 aliphatic rings. The minimum absolute atomic E-state index is 0.479.